The summed E-state index contributed by atoms with van der Waals surface area (Å²) in [6, 6.07) is 17.2. The first-order chi connectivity index (χ1) is 8.97. The third kappa shape index (κ3) is 3.66. The van der Waals surface area contributed by atoms with Gasteiger partial charge in [-0.3, -0.25) is 0 Å². The van der Waals surface area contributed by atoms with E-state index in [-0.39, 0.29) is 11.2 Å². The molecule has 0 amide bonds. The molecule has 0 saturated heterocycles. The molecule has 0 aliphatic carbocycles. The Kier molecular flexibility index (Phi) is 4.04. The third-order valence-corrected chi connectivity index (χ3v) is 3.32. The SMILES string of the molecule is CC(C)(C)[C](Cc1ccccc1)c1ccc(F)cc1. The van der Waals surface area contributed by atoms with Crippen LogP contribution < -0.4 is 0 Å². The molecule has 0 nitrogen and oxygen atoms in total. The predicted molar refractivity (Wildman–Crippen MR) is 78.3 cm³/mol. The Morgan fingerprint density at radius 3 is 2.00 bits per heavy atom. The van der Waals surface area contributed by atoms with Crippen molar-refractivity contribution in [2.24, 2.45) is 5.41 Å². The lowest BCUT2D eigenvalue weighted by Gasteiger charge is -2.30. The van der Waals surface area contributed by atoms with Crippen LogP contribution in [-0.2, 0) is 6.42 Å². The van der Waals surface area contributed by atoms with Crippen LogP contribution in [0.2, 0.25) is 0 Å². The molecule has 0 spiro atoms. The Balaban J connectivity index is 2.29. The van der Waals surface area contributed by atoms with Crippen LogP contribution in [0.5, 0.6) is 0 Å². The van der Waals surface area contributed by atoms with E-state index < -0.39 is 0 Å². The van der Waals surface area contributed by atoms with Crippen molar-refractivity contribution in [3.63, 3.8) is 0 Å². The molecule has 2 rings (SSSR count). The summed E-state index contributed by atoms with van der Waals surface area (Å²) in [6.07, 6.45) is 0.899. The van der Waals surface area contributed by atoms with Crippen molar-refractivity contribution in [1.82, 2.24) is 0 Å². The Hall–Kier alpha value is -1.63. The van der Waals surface area contributed by atoms with Gasteiger partial charge in [-0.25, -0.2) is 4.39 Å². The third-order valence-electron chi connectivity index (χ3n) is 3.32. The average molecular weight is 255 g/mol. The molecule has 2 aromatic carbocycles. The number of benzene rings is 2. The smallest absolute Gasteiger partial charge is 0.123 e. The van der Waals surface area contributed by atoms with Crippen LogP contribution in [-0.4, -0.2) is 0 Å². The molecule has 0 aliphatic heterocycles. The second-order valence-electron chi connectivity index (χ2n) is 5.90. The highest BCUT2D eigenvalue weighted by Crippen LogP contribution is 2.36. The first kappa shape index (κ1) is 13.8. The molecule has 0 bridgehead atoms. The van der Waals surface area contributed by atoms with Crippen molar-refractivity contribution in [2.45, 2.75) is 27.2 Å². The summed E-state index contributed by atoms with van der Waals surface area (Å²) < 4.78 is 13.1. The number of halogens is 1. The molecule has 0 aliphatic rings. The second-order valence-corrected chi connectivity index (χ2v) is 5.90. The molecule has 0 N–H and O–H groups in total. The van der Waals surface area contributed by atoms with E-state index in [4.69, 9.17) is 0 Å². The van der Waals surface area contributed by atoms with Gasteiger partial charge in [0.05, 0.1) is 0 Å². The Labute approximate surface area is 115 Å². The van der Waals surface area contributed by atoms with Gasteiger partial charge in [0.15, 0.2) is 0 Å². The van der Waals surface area contributed by atoms with Crippen LogP contribution in [0.4, 0.5) is 4.39 Å². The molecular formula is C18H20F. The minimum Gasteiger partial charge on any atom is -0.207 e. The fraction of sp³-hybridized carbons (Fsp3) is 0.278. The summed E-state index contributed by atoms with van der Waals surface area (Å²) in [5, 5.41) is 0. The van der Waals surface area contributed by atoms with E-state index in [0.29, 0.717) is 0 Å². The minimum atomic E-state index is -0.184. The van der Waals surface area contributed by atoms with E-state index in [1.165, 1.54) is 23.6 Å². The van der Waals surface area contributed by atoms with Crippen molar-refractivity contribution in [3.05, 3.63) is 77.5 Å². The summed E-state index contributed by atoms with van der Waals surface area (Å²) in [6.45, 7) is 6.61. The van der Waals surface area contributed by atoms with Gasteiger partial charge in [-0.05, 0) is 35.1 Å². The highest BCUT2D eigenvalue weighted by atomic mass is 19.1. The maximum Gasteiger partial charge on any atom is 0.123 e. The largest absolute Gasteiger partial charge is 0.207 e. The zero-order valence-electron chi connectivity index (χ0n) is 11.8. The summed E-state index contributed by atoms with van der Waals surface area (Å²) in [4.78, 5) is 0. The van der Waals surface area contributed by atoms with E-state index in [1.807, 2.05) is 18.2 Å². The normalized spacial score (nSPS) is 11.8. The molecular weight excluding hydrogens is 235 g/mol. The first-order valence-corrected chi connectivity index (χ1v) is 6.63. The van der Waals surface area contributed by atoms with Crippen molar-refractivity contribution in [1.29, 1.82) is 0 Å². The molecule has 19 heavy (non-hydrogen) atoms. The number of hydrogen-bond donors (Lipinski definition) is 0. The van der Waals surface area contributed by atoms with Crippen LogP contribution in [0.1, 0.15) is 31.9 Å². The van der Waals surface area contributed by atoms with Gasteiger partial charge >= 0.3 is 0 Å². The summed E-state index contributed by atoms with van der Waals surface area (Å²) in [5.74, 6) is 1.15. The zero-order chi connectivity index (χ0) is 13.9. The van der Waals surface area contributed by atoms with Crippen molar-refractivity contribution < 1.29 is 4.39 Å². The van der Waals surface area contributed by atoms with Gasteiger partial charge in [0.1, 0.15) is 5.82 Å². The van der Waals surface area contributed by atoms with E-state index in [0.717, 1.165) is 12.0 Å². The van der Waals surface area contributed by atoms with E-state index in [2.05, 4.69) is 45.0 Å². The lowest BCUT2D eigenvalue weighted by Crippen LogP contribution is -2.21. The molecule has 0 unspecified atom stereocenters. The van der Waals surface area contributed by atoms with Crippen LogP contribution in [0.15, 0.2) is 54.6 Å². The molecule has 0 saturated carbocycles. The standard InChI is InChI=1S/C18H20F/c1-18(2,3)17(13-14-7-5-4-6-8-14)15-9-11-16(19)12-10-15/h4-12H,13H2,1-3H3. The van der Waals surface area contributed by atoms with Crippen molar-refractivity contribution >= 4 is 0 Å². The summed E-state index contributed by atoms with van der Waals surface area (Å²) in [7, 11) is 0. The van der Waals surface area contributed by atoms with Gasteiger partial charge in [0.25, 0.3) is 0 Å². The van der Waals surface area contributed by atoms with Gasteiger partial charge < -0.3 is 0 Å². The summed E-state index contributed by atoms with van der Waals surface area (Å²) >= 11 is 0. The van der Waals surface area contributed by atoms with Gasteiger partial charge in [0, 0.05) is 5.92 Å². The van der Waals surface area contributed by atoms with Crippen LogP contribution >= 0.6 is 0 Å². The Morgan fingerprint density at radius 1 is 0.895 bits per heavy atom. The molecule has 1 radical (unpaired) electrons. The monoisotopic (exact) mass is 255 g/mol. The van der Waals surface area contributed by atoms with Crippen LogP contribution in [0.25, 0.3) is 0 Å². The zero-order valence-corrected chi connectivity index (χ0v) is 11.8. The van der Waals surface area contributed by atoms with Crippen LogP contribution in [0, 0.1) is 17.2 Å². The topological polar surface area (TPSA) is 0 Å². The Morgan fingerprint density at radius 2 is 1.47 bits per heavy atom. The molecule has 99 valence electrons. The maximum atomic E-state index is 13.1. The molecule has 2 aromatic rings. The minimum absolute atomic E-state index is 0.0632. The molecule has 1 heteroatoms. The van der Waals surface area contributed by atoms with Crippen molar-refractivity contribution in [2.75, 3.05) is 0 Å². The van der Waals surface area contributed by atoms with Crippen LogP contribution in [0.3, 0.4) is 0 Å². The van der Waals surface area contributed by atoms with E-state index in [1.54, 1.807) is 0 Å². The quantitative estimate of drug-likeness (QED) is 0.721. The predicted octanol–water partition coefficient (Wildman–Crippen LogP) is 5.04. The Bertz CT molecular complexity index is 506. The fourth-order valence-corrected chi connectivity index (χ4v) is 2.25. The lowest BCUT2D eigenvalue weighted by atomic mass is 9.73. The molecule has 0 fully saturated rings. The summed E-state index contributed by atoms with van der Waals surface area (Å²) in [5.41, 5.74) is 2.47. The van der Waals surface area contributed by atoms with Crippen molar-refractivity contribution in [3.8, 4) is 0 Å². The van der Waals surface area contributed by atoms with Gasteiger partial charge in [0.2, 0.25) is 0 Å². The fourth-order valence-electron chi connectivity index (χ4n) is 2.25. The molecule has 0 aromatic heterocycles. The average Bonchev–Trinajstić information content (AvgIpc) is 2.37. The first-order valence-electron chi connectivity index (χ1n) is 6.63. The molecule has 0 heterocycles. The van der Waals surface area contributed by atoms with Gasteiger partial charge in [-0.15, -0.1) is 0 Å². The van der Waals surface area contributed by atoms with E-state index in [9.17, 15) is 4.39 Å². The number of rotatable bonds is 3. The highest BCUT2D eigenvalue weighted by molar-refractivity contribution is 5.37. The van der Waals surface area contributed by atoms with Gasteiger partial charge in [-0.2, -0.15) is 0 Å². The lowest BCUT2D eigenvalue weighted by molar-refractivity contribution is 0.435. The second kappa shape index (κ2) is 5.56. The number of hydrogen-bond acceptors (Lipinski definition) is 0. The van der Waals surface area contributed by atoms with E-state index >= 15 is 0 Å². The highest BCUT2D eigenvalue weighted by Gasteiger charge is 2.27. The van der Waals surface area contributed by atoms with Gasteiger partial charge in [-0.1, -0.05) is 63.2 Å². The maximum absolute atomic E-state index is 13.1. The molecule has 0 atom stereocenters.